The molecule has 5 nitrogen and oxygen atoms in total. The Morgan fingerprint density at radius 3 is 2.53 bits per heavy atom. The summed E-state index contributed by atoms with van der Waals surface area (Å²) in [5.74, 6) is -0.863. The van der Waals surface area contributed by atoms with Crippen LogP contribution in [0.3, 0.4) is 0 Å². The Morgan fingerprint density at radius 1 is 1.26 bits per heavy atom. The van der Waals surface area contributed by atoms with Crippen LogP contribution < -0.4 is 10.6 Å². The second-order valence-corrected chi connectivity index (χ2v) is 4.79. The van der Waals surface area contributed by atoms with E-state index in [2.05, 4.69) is 10.6 Å². The molecule has 0 radical (unpaired) electrons. The van der Waals surface area contributed by atoms with Crippen molar-refractivity contribution in [3.8, 4) is 0 Å². The Balaban J connectivity index is 1.71. The monoisotopic (exact) mass is 262 g/mol. The van der Waals surface area contributed by atoms with Crippen LogP contribution in [0.1, 0.15) is 18.4 Å². The van der Waals surface area contributed by atoms with Gasteiger partial charge >= 0.3 is 12.0 Å². The first-order valence-electron chi connectivity index (χ1n) is 6.48. The Labute approximate surface area is 112 Å². The molecule has 1 atom stereocenters. The minimum absolute atomic E-state index is 0.0948. The van der Waals surface area contributed by atoms with Gasteiger partial charge in [-0.25, -0.2) is 9.59 Å². The average Bonchev–Trinajstić information content (AvgIpc) is 3.21. The van der Waals surface area contributed by atoms with Gasteiger partial charge in [-0.2, -0.15) is 0 Å². The van der Waals surface area contributed by atoms with E-state index in [9.17, 15) is 9.59 Å². The van der Waals surface area contributed by atoms with Crippen LogP contribution >= 0.6 is 0 Å². The van der Waals surface area contributed by atoms with Crippen LogP contribution in [0.15, 0.2) is 30.3 Å². The summed E-state index contributed by atoms with van der Waals surface area (Å²) in [5.41, 5.74) is 1.14. The van der Waals surface area contributed by atoms with Gasteiger partial charge in [0.1, 0.15) is 6.04 Å². The van der Waals surface area contributed by atoms with E-state index in [-0.39, 0.29) is 5.92 Å². The summed E-state index contributed by atoms with van der Waals surface area (Å²) in [6, 6.07) is 8.66. The fourth-order valence-electron chi connectivity index (χ4n) is 1.97. The molecule has 0 aromatic heterocycles. The molecule has 2 amide bonds. The SMILES string of the molecule is O=C(NCCc1ccccc1)NC(C(=O)O)C1CC1. The standard InChI is InChI=1S/C14H18N2O3/c17-13(18)12(11-6-7-11)16-14(19)15-9-8-10-4-2-1-3-5-10/h1-5,11-12H,6-9H2,(H,17,18)(H2,15,16,19). The number of carbonyl (C=O) groups is 2. The number of nitrogens with one attached hydrogen (secondary N) is 2. The van der Waals surface area contributed by atoms with E-state index in [4.69, 9.17) is 5.11 Å². The van der Waals surface area contributed by atoms with E-state index < -0.39 is 18.0 Å². The van der Waals surface area contributed by atoms with Crippen molar-refractivity contribution < 1.29 is 14.7 Å². The zero-order valence-electron chi connectivity index (χ0n) is 10.6. The number of hydrogen-bond acceptors (Lipinski definition) is 2. The molecular weight excluding hydrogens is 244 g/mol. The van der Waals surface area contributed by atoms with Gasteiger partial charge in [-0.15, -0.1) is 0 Å². The summed E-state index contributed by atoms with van der Waals surface area (Å²) < 4.78 is 0. The highest BCUT2D eigenvalue weighted by Gasteiger charge is 2.37. The van der Waals surface area contributed by atoms with Gasteiger partial charge in [0.15, 0.2) is 0 Å². The molecular formula is C14H18N2O3. The molecule has 1 unspecified atom stereocenters. The molecule has 0 aliphatic heterocycles. The molecule has 1 aromatic carbocycles. The minimum Gasteiger partial charge on any atom is -0.480 e. The number of carboxylic acid groups (broad SMARTS) is 1. The molecule has 0 saturated heterocycles. The van der Waals surface area contributed by atoms with Gasteiger partial charge in [0.2, 0.25) is 0 Å². The second kappa shape index (κ2) is 6.22. The van der Waals surface area contributed by atoms with Crippen molar-refractivity contribution in [2.75, 3.05) is 6.54 Å². The van der Waals surface area contributed by atoms with Crippen LogP contribution in [0.5, 0.6) is 0 Å². The van der Waals surface area contributed by atoms with Gasteiger partial charge in [0, 0.05) is 6.54 Å². The third kappa shape index (κ3) is 4.28. The van der Waals surface area contributed by atoms with Gasteiger partial charge in [0.05, 0.1) is 0 Å². The van der Waals surface area contributed by atoms with Crippen molar-refractivity contribution in [3.63, 3.8) is 0 Å². The van der Waals surface area contributed by atoms with Gasteiger partial charge in [0.25, 0.3) is 0 Å². The van der Waals surface area contributed by atoms with Crippen LogP contribution in [-0.2, 0) is 11.2 Å². The summed E-state index contributed by atoms with van der Waals surface area (Å²) in [6.07, 6.45) is 2.48. The normalized spacial score (nSPS) is 15.6. The molecule has 2 rings (SSSR count). The number of hydrogen-bond donors (Lipinski definition) is 3. The number of amides is 2. The molecule has 102 valence electrons. The maximum absolute atomic E-state index is 11.6. The van der Waals surface area contributed by atoms with Gasteiger partial charge in [-0.05, 0) is 30.7 Å². The summed E-state index contributed by atoms with van der Waals surface area (Å²) in [6.45, 7) is 0.493. The second-order valence-electron chi connectivity index (χ2n) is 4.79. The van der Waals surface area contributed by atoms with Crippen molar-refractivity contribution in [2.24, 2.45) is 5.92 Å². The predicted octanol–water partition coefficient (Wildman–Crippen LogP) is 1.39. The van der Waals surface area contributed by atoms with E-state index >= 15 is 0 Å². The lowest BCUT2D eigenvalue weighted by molar-refractivity contribution is -0.139. The first-order valence-corrected chi connectivity index (χ1v) is 6.48. The average molecular weight is 262 g/mol. The van der Waals surface area contributed by atoms with E-state index in [1.807, 2.05) is 30.3 Å². The third-order valence-corrected chi connectivity index (χ3v) is 3.19. The lowest BCUT2D eigenvalue weighted by atomic mass is 10.1. The molecule has 1 aliphatic rings. The predicted molar refractivity (Wildman–Crippen MR) is 70.8 cm³/mol. The Kier molecular flexibility index (Phi) is 4.39. The van der Waals surface area contributed by atoms with Crippen molar-refractivity contribution in [1.29, 1.82) is 0 Å². The fraction of sp³-hybridized carbons (Fsp3) is 0.429. The minimum atomic E-state index is -0.958. The summed E-state index contributed by atoms with van der Waals surface area (Å²) >= 11 is 0. The Hall–Kier alpha value is -2.04. The van der Waals surface area contributed by atoms with Crippen molar-refractivity contribution in [1.82, 2.24) is 10.6 Å². The number of rotatable bonds is 6. The Bertz CT molecular complexity index is 443. The molecule has 1 saturated carbocycles. The van der Waals surface area contributed by atoms with Crippen LogP contribution in [-0.4, -0.2) is 29.7 Å². The highest BCUT2D eigenvalue weighted by atomic mass is 16.4. The van der Waals surface area contributed by atoms with Crippen molar-refractivity contribution in [3.05, 3.63) is 35.9 Å². The van der Waals surface area contributed by atoms with Crippen LogP contribution in [0.4, 0.5) is 4.79 Å². The lowest BCUT2D eigenvalue weighted by Gasteiger charge is -2.14. The van der Waals surface area contributed by atoms with E-state index in [0.717, 1.165) is 24.8 Å². The molecule has 0 heterocycles. The highest BCUT2D eigenvalue weighted by molar-refractivity contribution is 5.83. The molecule has 5 heteroatoms. The largest absolute Gasteiger partial charge is 0.480 e. The number of benzene rings is 1. The molecule has 3 N–H and O–H groups in total. The van der Waals surface area contributed by atoms with Gasteiger partial charge in [-0.1, -0.05) is 30.3 Å². The smallest absolute Gasteiger partial charge is 0.326 e. The first kappa shape index (κ1) is 13.4. The molecule has 0 spiro atoms. The number of carbonyl (C=O) groups excluding carboxylic acids is 1. The molecule has 0 bridgehead atoms. The molecule has 1 aromatic rings. The summed E-state index contributed by atoms with van der Waals surface area (Å²) in [4.78, 5) is 22.6. The van der Waals surface area contributed by atoms with Crippen molar-refractivity contribution >= 4 is 12.0 Å². The number of carboxylic acids is 1. The molecule has 19 heavy (non-hydrogen) atoms. The summed E-state index contributed by atoms with van der Waals surface area (Å²) in [5, 5.41) is 14.2. The molecule has 1 aliphatic carbocycles. The lowest BCUT2D eigenvalue weighted by Crippen LogP contribution is -2.47. The zero-order valence-corrected chi connectivity index (χ0v) is 10.6. The van der Waals surface area contributed by atoms with Gasteiger partial charge < -0.3 is 15.7 Å². The van der Waals surface area contributed by atoms with Crippen molar-refractivity contribution in [2.45, 2.75) is 25.3 Å². The topological polar surface area (TPSA) is 78.4 Å². The van der Waals surface area contributed by atoms with Crippen LogP contribution in [0.25, 0.3) is 0 Å². The number of urea groups is 1. The maximum Gasteiger partial charge on any atom is 0.326 e. The highest BCUT2D eigenvalue weighted by Crippen LogP contribution is 2.32. The first-order chi connectivity index (χ1) is 9.16. The maximum atomic E-state index is 11.6. The zero-order chi connectivity index (χ0) is 13.7. The van der Waals surface area contributed by atoms with E-state index in [0.29, 0.717) is 6.54 Å². The summed E-state index contributed by atoms with van der Waals surface area (Å²) in [7, 11) is 0. The van der Waals surface area contributed by atoms with Crippen LogP contribution in [0.2, 0.25) is 0 Å². The van der Waals surface area contributed by atoms with Gasteiger partial charge in [-0.3, -0.25) is 0 Å². The van der Waals surface area contributed by atoms with E-state index in [1.54, 1.807) is 0 Å². The number of aliphatic carboxylic acids is 1. The Morgan fingerprint density at radius 2 is 1.95 bits per heavy atom. The quantitative estimate of drug-likeness (QED) is 0.725. The molecule has 1 fully saturated rings. The van der Waals surface area contributed by atoms with E-state index in [1.165, 1.54) is 0 Å². The van der Waals surface area contributed by atoms with Crippen LogP contribution in [0, 0.1) is 5.92 Å². The third-order valence-electron chi connectivity index (χ3n) is 3.19. The fourth-order valence-corrected chi connectivity index (χ4v) is 1.97.